The number of ether oxygens (including phenoxy) is 1. The van der Waals surface area contributed by atoms with Gasteiger partial charge in [0.15, 0.2) is 0 Å². The minimum absolute atomic E-state index is 0.347. The van der Waals surface area contributed by atoms with Gasteiger partial charge in [0.25, 0.3) is 0 Å². The van der Waals surface area contributed by atoms with Gasteiger partial charge >= 0.3 is 0 Å². The Bertz CT molecular complexity index is 675. The molecule has 2 N–H and O–H groups in total. The third-order valence-corrected chi connectivity index (χ3v) is 3.00. The normalized spacial score (nSPS) is 11.8. The molecule has 20 heavy (non-hydrogen) atoms. The summed E-state index contributed by atoms with van der Waals surface area (Å²) in [6, 6.07) is 11.1. The molecule has 0 radical (unpaired) electrons. The molecule has 0 fully saturated rings. The summed E-state index contributed by atoms with van der Waals surface area (Å²) in [6.07, 6.45) is 0. The highest BCUT2D eigenvalue weighted by atomic mass is 19.1. The Morgan fingerprint density at radius 2 is 1.95 bits per heavy atom. The number of benzene rings is 2. The average Bonchev–Trinajstić information content (AvgIpc) is 2.42. The fraction of sp³-hybridized carbons (Fsp3) is 0.188. The smallest absolute Gasteiger partial charge is 0.132 e. The van der Waals surface area contributed by atoms with Crippen LogP contribution in [0.2, 0.25) is 0 Å². The number of halogens is 1. The van der Waals surface area contributed by atoms with Gasteiger partial charge in [0.2, 0.25) is 0 Å². The molecule has 0 aromatic heterocycles. The predicted octanol–water partition coefficient (Wildman–Crippen LogP) is 3.82. The molecule has 0 amide bonds. The molecule has 102 valence electrons. The summed E-state index contributed by atoms with van der Waals surface area (Å²) >= 11 is 0. The SMILES string of the molecule is Cc1ccc(C#N)cc1Oc1ccc(F)cc1C(C)N. The minimum Gasteiger partial charge on any atom is -0.457 e. The summed E-state index contributed by atoms with van der Waals surface area (Å²) in [4.78, 5) is 0. The molecule has 0 aliphatic carbocycles. The maximum atomic E-state index is 13.3. The zero-order valence-corrected chi connectivity index (χ0v) is 11.4. The van der Waals surface area contributed by atoms with Gasteiger partial charge in [-0.15, -0.1) is 0 Å². The van der Waals surface area contributed by atoms with E-state index < -0.39 is 0 Å². The van der Waals surface area contributed by atoms with E-state index in [0.29, 0.717) is 22.6 Å². The van der Waals surface area contributed by atoms with Crippen LogP contribution in [0.1, 0.15) is 29.7 Å². The average molecular weight is 270 g/mol. The molecule has 1 atom stereocenters. The monoisotopic (exact) mass is 270 g/mol. The zero-order chi connectivity index (χ0) is 14.7. The van der Waals surface area contributed by atoms with Crippen LogP contribution in [-0.2, 0) is 0 Å². The van der Waals surface area contributed by atoms with Crippen LogP contribution in [0.4, 0.5) is 4.39 Å². The van der Waals surface area contributed by atoms with Crippen molar-refractivity contribution in [1.29, 1.82) is 5.26 Å². The Kier molecular flexibility index (Phi) is 4.02. The molecule has 2 aromatic carbocycles. The van der Waals surface area contributed by atoms with Gasteiger partial charge in [0.1, 0.15) is 17.3 Å². The Morgan fingerprint density at radius 1 is 1.20 bits per heavy atom. The fourth-order valence-electron chi connectivity index (χ4n) is 1.87. The Morgan fingerprint density at radius 3 is 2.60 bits per heavy atom. The van der Waals surface area contributed by atoms with Gasteiger partial charge in [-0.05, 0) is 49.7 Å². The van der Waals surface area contributed by atoms with E-state index in [2.05, 4.69) is 6.07 Å². The summed E-state index contributed by atoms with van der Waals surface area (Å²) < 4.78 is 19.1. The third-order valence-electron chi connectivity index (χ3n) is 3.00. The number of rotatable bonds is 3. The third kappa shape index (κ3) is 2.95. The van der Waals surface area contributed by atoms with Crippen LogP contribution >= 0.6 is 0 Å². The molecule has 4 heteroatoms. The number of aryl methyl sites for hydroxylation is 1. The number of nitrogens with two attached hydrogens (primary N) is 1. The first-order valence-electron chi connectivity index (χ1n) is 6.25. The van der Waals surface area contributed by atoms with Crippen molar-refractivity contribution in [2.45, 2.75) is 19.9 Å². The van der Waals surface area contributed by atoms with Gasteiger partial charge in [-0.2, -0.15) is 5.26 Å². The number of hydrogen-bond donors (Lipinski definition) is 1. The lowest BCUT2D eigenvalue weighted by molar-refractivity contribution is 0.465. The van der Waals surface area contributed by atoms with Crippen molar-refractivity contribution in [2.75, 3.05) is 0 Å². The second-order valence-corrected chi connectivity index (χ2v) is 4.66. The van der Waals surface area contributed by atoms with Crippen LogP contribution in [0.25, 0.3) is 0 Å². The molecule has 2 rings (SSSR count). The first-order valence-corrected chi connectivity index (χ1v) is 6.25. The lowest BCUT2D eigenvalue weighted by atomic mass is 10.1. The standard InChI is InChI=1S/C16H15FN2O/c1-10-3-4-12(9-18)7-16(10)20-15-6-5-13(17)8-14(15)11(2)19/h3-8,11H,19H2,1-2H3. The van der Waals surface area contributed by atoms with E-state index in [9.17, 15) is 4.39 Å². The van der Waals surface area contributed by atoms with Crippen molar-refractivity contribution in [2.24, 2.45) is 5.73 Å². The van der Waals surface area contributed by atoms with E-state index in [0.717, 1.165) is 5.56 Å². The molecule has 0 saturated carbocycles. The van der Waals surface area contributed by atoms with Crippen molar-refractivity contribution in [3.05, 3.63) is 58.9 Å². The van der Waals surface area contributed by atoms with E-state index in [1.54, 1.807) is 25.1 Å². The number of nitriles is 1. The van der Waals surface area contributed by atoms with Crippen LogP contribution in [-0.4, -0.2) is 0 Å². The van der Waals surface area contributed by atoms with Gasteiger partial charge in [-0.1, -0.05) is 6.07 Å². The Labute approximate surface area is 117 Å². The zero-order valence-electron chi connectivity index (χ0n) is 11.4. The van der Waals surface area contributed by atoms with E-state index >= 15 is 0 Å². The second kappa shape index (κ2) is 5.72. The lowest BCUT2D eigenvalue weighted by Crippen LogP contribution is -2.07. The summed E-state index contributed by atoms with van der Waals surface area (Å²) in [5, 5.41) is 8.92. The summed E-state index contributed by atoms with van der Waals surface area (Å²) in [7, 11) is 0. The molecule has 0 aliphatic heterocycles. The van der Waals surface area contributed by atoms with E-state index in [4.69, 9.17) is 15.7 Å². The van der Waals surface area contributed by atoms with Crippen molar-refractivity contribution in [3.8, 4) is 17.6 Å². The highest BCUT2D eigenvalue weighted by Gasteiger charge is 2.12. The van der Waals surface area contributed by atoms with Gasteiger partial charge in [0.05, 0.1) is 11.6 Å². The molecule has 1 unspecified atom stereocenters. The van der Waals surface area contributed by atoms with Gasteiger partial charge < -0.3 is 10.5 Å². The van der Waals surface area contributed by atoms with Crippen LogP contribution in [0, 0.1) is 24.1 Å². The van der Waals surface area contributed by atoms with Crippen LogP contribution < -0.4 is 10.5 Å². The Hall–Kier alpha value is -2.38. The molecule has 0 saturated heterocycles. The van der Waals surface area contributed by atoms with Crippen molar-refractivity contribution in [3.63, 3.8) is 0 Å². The highest BCUT2D eigenvalue weighted by molar-refractivity contribution is 5.46. The quantitative estimate of drug-likeness (QED) is 0.922. The van der Waals surface area contributed by atoms with Crippen LogP contribution in [0.5, 0.6) is 11.5 Å². The molecule has 0 aliphatic rings. The molecule has 0 spiro atoms. The highest BCUT2D eigenvalue weighted by Crippen LogP contribution is 2.31. The van der Waals surface area contributed by atoms with E-state index in [-0.39, 0.29) is 11.9 Å². The molecule has 3 nitrogen and oxygen atoms in total. The minimum atomic E-state index is -0.354. The number of nitrogens with zero attached hydrogens (tertiary/aromatic N) is 1. The topological polar surface area (TPSA) is 59.0 Å². The fourth-order valence-corrected chi connectivity index (χ4v) is 1.87. The maximum Gasteiger partial charge on any atom is 0.132 e. The van der Waals surface area contributed by atoms with Gasteiger partial charge in [-0.3, -0.25) is 0 Å². The van der Waals surface area contributed by atoms with Gasteiger partial charge in [0, 0.05) is 11.6 Å². The first-order chi connectivity index (χ1) is 9.51. The summed E-state index contributed by atoms with van der Waals surface area (Å²) in [6.45, 7) is 3.64. The first kappa shape index (κ1) is 14.0. The van der Waals surface area contributed by atoms with Crippen molar-refractivity contribution < 1.29 is 9.13 Å². The summed E-state index contributed by atoms with van der Waals surface area (Å²) in [5.74, 6) is 0.712. The number of hydrogen-bond acceptors (Lipinski definition) is 3. The van der Waals surface area contributed by atoms with Crippen molar-refractivity contribution >= 4 is 0 Å². The largest absolute Gasteiger partial charge is 0.457 e. The molecule has 0 heterocycles. The maximum absolute atomic E-state index is 13.3. The molecular weight excluding hydrogens is 255 g/mol. The molecular formula is C16H15FN2O. The molecule has 2 aromatic rings. The molecule has 0 bridgehead atoms. The lowest BCUT2D eigenvalue weighted by Gasteiger charge is -2.15. The van der Waals surface area contributed by atoms with Crippen LogP contribution in [0.3, 0.4) is 0 Å². The second-order valence-electron chi connectivity index (χ2n) is 4.66. The van der Waals surface area contributed by atoms with Crippen molar-refractivity contribution in [1.82, 2.24) is 0 Å². The summed E-state index contributed by atoms with van der Waals surface area (Å²) in [5.41, 5.74) is 7.82. The Balaban J connectivity index is 2.42. The predicted molar refractivity (Wildman–Crippen MR) is 75.0 cm³/mol. The van der Waals surface area contributed by atoms with Gasteiger partial charge in [-0.25, -0.2) is 4.39 Å². The van der Waals surface area contributed by atoms with Crippen LogP contribution in [0.15, 0.2) is 36.4 Å². The van der Waals surface area contributed by atoms with E-state index in [1.807, 2.05) is 13.0 Å². The van der Waals surface area contributed by atoms with E-state index in [1.165, 1.54) is 12.1 Å².